The zero-order valence-corrected chi connectivity index (χ0v) is 14.6. The lowest BCUT2D eigenvalue weighted by atomic mass is 9.69. The van der Waals surface area contributed by atoms with Gasteiger partial charge >= 0.3 is 5.97 Å². The third-order valence-electron chi connectivity index (χ3n) is 4.03. The Morgan fingerprint density at radius 3 is 2.05 bits per heavy atom. The number of aliphatic hydroxyl groups is 1. The number of rotatable bonds is 7. The third-order valence-corrected chi connectivity index (χ3v) is 4.03. The van der Waals surface area contributed by atoms with Crippen LogP contribution in [0.15, 0.2) is 12.3 Å². The number of carbonyl (C=O) groups excluding carboxylic acids is 2. The number of nitrogens with two attached hydrogens (primary N) is 1. The number of aliphatic hydroxyl groups excluding tert-OH is 1. The van der Waals surface area contributed by atoms with Gasteiger partial charge in [0.15, 0.2) is 5.78 Å². The van der Waals surface area contributed by atoms with Crippen LogP contribution in [-0.2, 0) is 19.1 Å². The molecular weight excluding hydrogens is 286 g/mol. The summed E-state index contributed by atoms with van der Waals surface area (Å²) in [5.41, 5.74) is 3.59. The summed E-state index contributed by atoms with van der Waals surface area (Å²) in [5.74, 6) is -0.815. The Kier molecular flexibility index (Phi) is 6.78. The van der Waals surface area contributed by atoms with Gasteiger partial charge < -0.3 is 20.3 Å². The number of hydrogen-bond donors (Lipinski definition) is 2. The number of esters is 1. The third kappa shape index (κ3) is 5.42. The van der Waals surface area contributed by atoms with Crippen LogP contribution >= 0.6 is 0 Å². The molecular formula is C16H29NO5. The summed E-state index contributed by atoms with van der Waals surface area (Å²) in [6.45, 7) is 12.4. The van der Waals surface area contributed by atoms with E-state index in [2.05, 4.69) is 0 Å². The van der Waals surface area contributed by atoms with Crippen molar-refractivity contribution in [2.45, 2.75) is 60.3 Å². The van der Waals surface area contributed by atoms with Crippen LogP contribution < -0.4 is 5.73 Å². The summed E-state index contributed by atoms with van der Waals surface area (Å²) in [4.78, 5) is 23.9. The summed E-state index contributed by atoms with van der Waals surface area (Å²) >= 11 is 0. The van der Waals surface area contributed by atoms with Gasteiger partial charge in [0, 0.05) is 6.08 Å². The molecule has 0 aliphatic carbocycles. The van der Waals surface area contributed by atoms with Crippen LogP contribution in [0.4, 0.5) is 0 Å². The largest absolute Gasteiger partial charge is 0.515 e. The normalized spacial score (nSPS) is 14.9. The van der Waals surface area contributed by atoms with Crippen molar-refractivity contribution in [2.75, 3.05) is 6.61 Å². The standard InChI is InChI=1S/C16H29NO5/c1-14(2,3)15(4,5)13(20)21-10-12(17)22-16(6,7)11(19)8-9-18/h8-9,12,18H,10,17H2,1-7H3/b9-8+. The van der Waals surface area contributed by atoms with E-state index in [9.17, 15) is 9.59 Å². The van der Waals surface area contributed by atoms with Gasteiger partial charge in [-0.2, -0.15) is 0 Å². The molecule has 6 heteroatoms. The second-order valence-electron chi connectivity index (χ2n) is 7.32. The molecule has 22 heavy (non-hydrogen) atoms. The van der Waals surface area contributed by atoms with E-state index in [4.69, 9.17) is 20.3 Å². The van der Waals surface area contributed by atoms with E-state index < -0.39 is 23.0 Å². The smallest absolute Gasteiger partial charge is 0.312 e. The summed E-state index contributed by atoms with van der Waals surface area (Å²) in [6, 6.07) is 0. The maximum absolute atomic E-state index is 12.2. The van der Waals surface area contributed by atoms with Gasteiger partial charge in [-0.1, -0.05) is 20.8 Å². The minimum absolute atomic E-state index is 0.155. The summed E-state index contributed by atoms with van der Waals surface area (Å²) in [5, 5.41) is 8.62. The highest BCUT2D eigenvalue weighted by Crippen LogP contribution is 2.38. The topological polar surface area (TPSA) is 98.9 Å². The molecule has 0 fully saturated rings. The lowest BCUT2D eigenvalue weighted by molar-refractivity contribution is -0.169. The monoisotopic (exact) mass is 315 g/mol. The van der Waals surface area contributed by atoms with Crippen LogP contribution in [0.25, 0.3) is 0 Å². The molecule has 0 aromatic carbocycles. The van der Waals surface area contributed by atoms with Crippen molar-refractivity contribution in [3.8, 4) is 0 Å². The van der Waals surface area contributed by atoms with Crippen LogP contribution in [0.5, 0.6) is 0 Å². The second kappa shape index (κ2) is 7.24. The molecule has 0 aromatic heterocycles. The fourth-order valence-electron chi connectivity index (χ4n) is 1.38. The van der Waals surface area contributed by atoms with E-state index in [1.165, 1.54) is 13.8 Å². The first-order chi connectivity index (χ1) is 9.75. The highest BCUT2D eigenvalue weighted by atomic mass is 16.6. The second-order valence-corrected chi connectivity index (χ2v) is 7.32. The predicted octanol–water partition coefficient (Wildman–Crippen LogP) is 2.32. The Labute approximate surface area is 132 Å². The van der Waals surface area contributed by atoms with Crippen LogP contribution in [0, 0.1) is 10.8 Å². The number of carbonyl (C=O) groups is 2. The number of hydrogen-bond acceptors (Lipinski definition) is 6. The average Bonchev–Trinajstić information content (AvgIpc) is 2.34. The molecule has 0 aliphatic rings. The molecule has 0 aromatic rings. The average molecular weight is 315 g/mol. The van der Waals surface area contributed by atoms with Crippen molar-refractivity contribution in [2.24, 2.45) is 16.6 Å². The fraction of sp³-hybridized carbons (Fsp3) is 0.750. The molecule has 0 spiro atoms. The van der Waals surface area contributed by atoms with Crippen molar-refractivity contribution in [1.82, 2.24) is 0 Å². The molecule has 1 unspecified atom stereocenters. The highest BCUT2D eigenvalue weighted by molar-refractivity contribution is 5.96. The van der Waals surface area contributed by atoms with Gasteiger partial charge in [-0.15, -0.1) is 0 Å². The van der Waals surface area contributed by atoms with Crippen molar-refractivity contribution in [3.05, 3.63) is 12.3 Å². The van der Waals surface area contributed by atoms with Crippen LogP contribution in [0.2, 0.25) is 0 Å². The quantitative estimate of drug-likeness (QED) is 0.324. The first kappa shape index (κ1) is 20.6. The van der Waals surface area contributed by atoms with Crippen molar-refractivity contribution >= 4 is 11.8 Å². The zero-order valence-electron chi connectivity index (χ0n) is 14.6. The van der Waals surface area contributed by atoms with Gasteiger partial charge in [0.25, 0.3) is 0 Å². The summed E-state index contributed by atoms with van der Waals surface area (Å²) < 4.78 is 10.6. The van der Waals surface area contributed by atoms with Gasteiger partial charge in [-0.05, 0) is 33.1 Å². The van der Waals surface area contributed by atoms with Gasteiger partial charge in [-0.25, -0.2) is 0 Å². The minimum Gasteiger partial charge on any atom is -0.515 e. The minimum atomic E-state index is -1.22. The first-order valence-electron chi connectivity index (χ1n) is 7.21. The van der Waals surface area contributed by atoms with Gasteiger partial charge in [-0.3, -0.25) is 9.59 Å². The highest BCUT2D eigenvalue weighted by Gasteiger charge is 2.41. The Morgan fingerprint density at radius 1 is 1.14 bits per heavy atom. The van der Waals surface area contributed by atoms with E-state index in [0.717, 1.165) is 6.08 Å². The Balaban J connectivity index is 4.62. The number of ether oxygens (including phenoxy) is 2. The fourth-order valence-corrected chi connectivity index (χ4v) is 1.38. The summed E-state index contributed by atoms with van der Waals surface area (Å²) in [6.07, 6.45) is 0.692. The molecule has 0 saturated heterocycles. The first-order valence-corrected chi connectivity index (χ1v) is 7.21. The van der Waals surface area contributed by atoms with Crippen molar-refractivity contribution in [1.29, 1.82) is 0 Å². The molecule has 0 rings (SSSR count). The van der Waals surface area contributed by atoms with Gasteiger partial charge in [0.05, 0.1) is 11.7 Å². The molecule has 0 saturated carbocycles. The van der Waals surface area contributed by atoms with Gasteiger partial charge in [0.1, 0.15) is 18.4 Å². The molecule has 0 amide bonds. The maximum Gasteiger partial charge on any atom is 0.312 e. The lowest BCUT2D eigenvalue weighted by Crippen LogP contribution is -2.45. The van der Waals surface area contributed by atoms with E-state index in [-0.39, 0.29) is 18.0 Å². The van der Waals surface area contributed by atoms with E-state index in [1.807, 2.05) is 20.8 Å². The SMILES string of the molecule is CC(C)(OC(N)COC(=O)C(C)(C)C(C)(C)C)C(=O)/C=C/O. The van der Waals surface area contributed by atoms with E-state index in [0.29, 0.717) is 6.26 Å². The predicted molar refractivity (Wildman–Crippen MR) is 84.1 cm³/mol. The lowest BCUT2D eigenvalue weighted by Gasteiger charge is -2.36. The Hall–Kier alpha value is -1.40. The molecule has 0 heterocycles. The van der Waals surface area contributed by atoms with Gasteiger partial charge in [0.2, 0.25) is 0 Å². The zero-order chi connectivity index (χ0) is 17.8. The molecule has 6 nitrogen and oxygen atoms in total. The van der Waals surface area contributed by atoms with E-state index >= 15 is 0 Å². The molecule has 0 aliphatic heterocycles. The molecule has 1 atom stereocenters. The van der Waals surface area contributed by atoms with Crippen molar-refractivity contribution in [3.63, 3.8) is 0 Å². The molecule has 0 bridgehead atoms. The van der Waals surface area contributed by atoms with Crippen LogP contribution in [0.3, 0.4) is 0 Å². The maximum atomic E-state index is 12.2. The Morgan fingerprint density at radius 2 is 1.64 bits per heavy atom. The summed E-state index contributed by atoms with van der Waals surface area (Å²) in [7, 11) is 0. The molecule has 3 N–H and O–H groups in total. The Bertz CT molecular complexity index is 432. The van der Waals surface area contributed by atoms with Crippen LogP contribution in [0.1, 0.15) is 48.5 Å². The van der Waals surface area contributed by atoms with Crippen LogP contribution in [-0.4, -0.2) is 35.3 Å². The molecule has 0 radical (unpaired) electrons. The molecule has 128 valence electrons. The number of ketones is 1. The van der Waals surface area contributed by atoms with E-state index in [1.54, 1.807) is 13.8 Å². The van der Waals surface area contributed by atoms with Crippen molar-refractivity contribution < 1.29 is 24.2 Å².